The van der Waals surface area contributed by atoms with E-state index in [0.717, 1.165) is 45.6 Å². The molecule has 1 aromatic rings. The van der Waals surface area contributed by atoms with E-state index in [9.17, 15) is 0 Å². The number of hydrogen-bond donors (Lipinski definition) is 1. The Labute approximate surface area is 175 Å². The van der Waals surface area contributed by atoms with Crippen LogP contribution in [0.5, 0.6) is 0 Å². The predicted octanol–water partition coefficient (Wildman–Crippen LogP) is 4.16. The summed E-state index contributed by atoms with van der Waals surface area (Å²) in [6, 6.07) is 9.30. The fraction of sp³-hybridized carbons (Fsp3) is 0.440. The summed E-state index contributed by atoms with van der Waals surface area (Å²) in [5.41, 5.74) is 2.89. The van der Waals surface area contributed by atoms with E-state index in [2.05, 4.69) is 101 Å². The summed E-state index contributed by atoms with van der Waals surface area (Å²) in [5.74, 6) is 1.22. The molecule has 1 N–H and O–H groups in total. The van der Waals surface area contributed by atoms with Gasteiger partial charge >= 0.3 is 0 Å². The fourth-order valence-corrected chi connectivity index (χ4v) is 4.43. The summed E-state index contributed by atoms with van der Waals surface area (Å²) in [5, 5.41) is 3.47. The van der Waals surface area contributed by atoms with Gasteiger partial charge in [0, 0.05) is 52.2 Å². The second-order valence-electron chi connectivity index (χ2n) is 8.24. The summed E-state index contributed by atoms with van der Waals surface area (Å²) < 4.78 is 0. The molecule has 1 aromatic carbocycles. The molecule has 4 rings (SSSR count). The zero-order valence-electron chi connectivity index (χ0n) is 17.8. The van der Waals surface area contributed by atoms with Gasteiger partial charge in [-0.15, -0.1) is 0 Å². The van der Waals surface area contributed by atoms with Crippen molar-refractivity contribution < 1.29 is 0 Å². The zero-order valence-corrected chi connectivity index (χ0v) is 17.8. The van der Waals surface area contributed by atoms with E-state index in [1.807, 2.05) is 0 Å². The van der Waals surface area contributed by atoms with Crippen molar-refractivity contribution in [2.45, 2.75) is 38.3 Å². The quantitative estimate of drug-likeness (QED) is 0.706. The summed E-state index contributed by atoms with van der Waals surface area (Å²) in [7, 11) is 2.11. The highest BCUT2D eigenvalue weighted by Crippen LogP contribution is 2.40. The Morgan fingerprint density at radius 2 is 1.86 bits per heavy atom. The Balaban J connectivity index is 1.45. The third-order valence-corrected chi connectivity index (χ3v) is 6.27. The van der Waals surface area contributed by atoms with E-state index in [4.69, 9.17) is 0 Å². The van der Waals surface area contributed by atoms with Gasteiger partial charge in [-0.05, 0) is 30.0 Å². The van der Waals surface area contributed by atoms with Crippen LogP contribution in [0.2, 0.25) is 0 Å². The average molecular weight is 391 g/mol. The molecular weight excluding hydrogens is 356 g/mol. The Morgan fingerprint density at radius 3 is 2.52 bits per heavy atom. The Hall–Kier alpha value is -2.30. The second kappa shape index (κ2) is 9.02. The lowest BCUT2D eigenvalue weighted by molar-refractivity contribution is 0.0995. The van der Waals surface area contributed by atoms with Crippen LogP contribution in [0, 0.1) is 0 Å². The zero-order chi connectivity index (χ0) is 20.1. The molecule has 0 saturated carbocycles. The minimum Gasteiger partial charge on any atom is -0.336 e. The maximum absolute atomic E-state index is 3.47. The lowest BCUT2D eigenvalue weighted by Crippen LogP contribution is -2.55. The first-order chi connectivity index (χ1) is 14.2. The third-order valence-electron chi connectivity index (χ3n) is 6.27. The molecule has 0 radical (unpaired) electrons. The Bertz CT molecular complexity index is 799. The van der Waals surface area contributed by atoms with Gasteiger partial charge in [0.25, 0.3) is 0 Å². The normalized spacial score (nSPS) is 26.1. The van der Waals surface area contributed by atoms with Crippen molar-refractivity contribution in [3.8, 4) is 0 Å². The lowest BCUT2D eigenvalue weighted by Gasteiger charge is -2.48. The number of piperazine rings is 1. The molecule has 1 saturated heterocycles. The van der Waals surface area contributed by atoms with Crippen molar-refractivity contribution in [3.05, 3.63) is 84.0 Å². The fourth-order valence-electron chi connectivity index (χ4n) is 4.43. The summed E-state index contributed by atoms with van der Waals surface area (Å²) >= 11 is 0. The van der Waals surface area contributed by atoms with Crippen LogP contribution in [0.4, 0.5) is 0 Å². The summed E-state index contributed by atoms with van der Waals surface area (Å²) in [6.07, 6.45) is 19.1. The largest absolute Gasteiger partial charge is 0.336 e. The molecule has 0 aromatic heterocycles. The van der Waals surface area contributed by atoms with Crippen LogP contribution >= 0.6 is 0 Å². The van der Waals surface area contributed by atoms with Crippen molar-refractivity contribution in [1.29, 1.82) is 0 Å². The summed E-state index contributed by atoms with van der Waals surface area (Å²) in [6.45, 7) is 7.52. The van der Waals surface area contributed by atoms with Gasteiger partial charge in [-0.3, -0.25) is 4.90 Å². The molecule has 3 aliphatic rings. The average Bonchev–Trinajstić information content (AvgIpc) is 3.06. The molecule has 1 unspecified atom stereocenters. The standard InChI is InChI=1S/C25H34N4/c1-3-4-5-6-8-24-27(2)19-20-28(24)21-22-9-11-23(12-10-22)25(13-7-14-25)29-17-15-26-16-18-29/h5-13,19-20,26H,3-4,14-18,21H2,1-2H3/b6-5-,24-8+. The van der Waals surface area contributed by atoms with Gasteiger partial charge in [0.1, 0.15) is 5.82 Å². The van der Waals surface area contributed by atoms with Crippen LogP contribution in [0.1, 0.15) is 37.3 Å². The van der Waals surface area contributed by atoms with Gasteiger partial charge in [-0.1, -0.05) is 61.9 Å². The van der Waals surface area contributed by atoms with Crippen molar-refractivity contribution in [2.75, 3.05) is 33.2 Å². The maximum atomic E-state index is 3.47. The van der Waals surface area contributed by atoms with Crippen molar-refractivity contribution in [1.82, 2.24) is 20.0 Å². The molecule has 4 nitrogen and oxygen atoms in total. The van der Waals surface area contributed by atoms with Gasteiger partial charge in [0.2, 0.25) is 0 Å². The smallest absolute Gasteiger partial charge is 0.112 e. The molecule has 2 aliphatic heterocycles. The first-order valence-electron chi connectivity index (χ1n) is 11.0. The maximum Gasteiger partial charge on any atom is 0.112 e. The first kappa shape index (κ1) is 20.0. The number of allylic oxidation sites excluding steroid dienone is 3. The van der Waals surface area contributed by atoms with E-state index in [0.29, 0.717) is 0 Å². The Kier molecular flexibility index (Phi) is 6.22. The molecule has 2 heterocycles. The predicted molar refractivity (Wildman–Crippen MR) is 121 cm³/mol. The van der Waals surface area contributed by atoms with E-state index < -0.39 is 0 Å². The summed E-state index contributed by atoms with van der Waals surface area (Å²) in [4.78, 5) is 7.14. The minimum atomic E-state index is 0.115. The van der Waals surface area contributed by atoms with Crippen LogP contribution in [-0.2, 0) is 12.1 Å². The first-order valence-corrected chi connectivity index (χ1v) is 11.0. The molecule has 1 atom stereocenters. The van der Waals surface area contributed by atoms with Gasteiger partial charge in [0.15, 0.2) is 0 Å². The molecule has 0 amide bonds. The molecule has 0 spiro atoms. The van der Waals surface area contributed by atoms with Crippen LogP contribution in [-0.4, -0.2) is 47.9 Å². The lowest BCUT2D eigenvalue weighted by atomic mass is 9.77. The highest BCUT2D eigenvalue weighted by atomic mass is 15.3. The second-order valence-corrected chi connectivity index (χ2v) is 8.24. The minimum absolute atomic E-state index is 0.115. The number of benzene rings is 1. The highest BCUT2D eigenvalue weighted by molar-refractivity contribution is 5.38. The third kappa shape index (κ3) is 4.19. The molecule has 1 aliphatic carbocycles. The highest BCUT2D eigenvalue weighted by Gasteiger charge is 2.39. The number of unbranched alkanes of at least 4 members (excludes halogenated alkanes) is 1. The van der Waals surface area contributed by atoms with Crippen LogP contribution in [0.25, 0.3) is 0 Å². The number of nitrogens with zero attached hydrogens (tertiary/aromatic N) is 3. The topological polar surface area (TPSA) is 21.8 Å². The SMILES string of the molecule is CCC/C=C\C=C1/N(C)C=CN1Cc1ccc(C2(N3CCNCC3)C=CC2)cc1. The van der Waals surface area contributed by atoms with Crippen molar-refractivity contribution in [3.63, 3.8) is 0 Å². The molecular formula is C25H34N4. The number of hydrogen-bond acceptors (Lipinski definition) is 4. The Morgan fingerprint density at radius 1 is 1.10 bits per heavy atom. The van der Waals surface area contributed by atoms with Gasteiger partial charge in [-0.2, -0.15) is 0 Å². The molecule has 154 valence electrons. The monoisotopic (exact) mass is 390 g/mol. The number of nitrogens with one attached hydrogen (secondary N) is 1. The molecule has 0 bridgehead atoms. The van der Waals surface area contributed by atoms with Crippen LogP contribution in [0.3, 0.4) is 0 Å². The van der Waals surface area contributed by atoms with Gasteiger partial charge < -0.3 is 15.1 Å². The van der Waals surface area contributed by atoms with E-state index in [-0.39, 0.29) is 5.54 Å². The van der Waals surface area contributed by atoms with E-state index in [1.54, 1.807) is 0 Å². The number of rotatable bonds is 7. The van der Waals surface area contributed by atoms with Gasteiger partial charge in [0.05, 0.1) is 5.54 Å². The van der Waals surface area contributed by atoms with E-state index >= 15 is 0 Å². The van der Waals surface area contributed by atoms with Gasteiger partial charge in [-0.25, -0.2) is 0 Å². The van der Waals surface area contributed by atoms with Crippen LogP contribution in [0.15, 0.2) is 72.9 Å². The molecule has 1 fully saturated rings. The van der Waals surface area contributed by atoms with Crippen molar-refractivity contribution in [2.24, 2.45) is 0 Å². The van der Waals surface area contributed by atoms with Crippen molar-refractivity contribution >= 4 is 0 Å². The van der Waals surface area contributed by atoms with Crippen LogP contribution < -0.4 is 5.32 Å². The molecule has 29 heavy (non-hydrogen) atoms. The van der Waals surface area contributed by atoms with E-state index in [1.165, 1.54) is 23.4 Å². The molecule has 4 heteroatoms.